The SMILES string of the molecule is Cc1cc(CNC(=O)CC2CCCN2)ccc1F. The summed E-state index contributed by atoms with van der Waals surface area (Å²) in [7, 11) is 0. The van der Waals surface area contributed by atoms with Crippen LogP contribution < -0.4 is 10.6 Å². The molecule has 0 bridgehead atoms. The Morgan fingerprint density at radius 3 is 3.06 bits per heavy atom. The van der Waals surface area contributed by atoms with Crippen molar-refractivity contribution in [1.82, 2.24) is 10.6 Å². The maximum absolute atomic E-state index is 13.1. The van der Waals surface area contributed by atoms with E-state index in [1.54, 1.807) is 19.1 Å². The third-order valence-electron chi connectivity index (χ3n) is 3.31. The topological polar surface area (TPSA) is 41.1 Å². The van der Waals surface area contributed by atoms with Crippen molar-refractivity contribution in [2.75, 3.05) is 6.54 Å². The average molecular weight is 250 g/mol. The second kappa shape index (κ2) is 5.96. The van der Waals surface area contributed by atoms with Gasteiger partial charge < -0.3 is 10.6 Å². The molecule has 0 aromatic heterocycles. The van der Waals surface area contributed by atoms with Crippen LogP contribution in [-0.4, -0.2) is 18.5 Å². The Balaban J connectivity index is 1.79. The van der Waals surface area contributed by atoms with E-state index in [4.69, 9.17) is 0 Å². The first kappa shape index (κ1) is 13.0. The molecule has 1 heterocycles. The minimum Gasteiger partial charge on any atom is -0.352 e. The van der Waals surface area contributed by atoms with Crippen LogP contribution in [0.15, 0.2) is 18.2 Å². The molecule has 1 aliphatic rings. The Kier molecular flexibility index (Phi) is 4.31. The number of nitrogens with one attached hydrogen (secondary N) is 2. The summed E-state index contributed by atoms with van der Waals surface area (Å²) in [4.78, 5) is 11.7. The largest absolute Gasteiger partial charge is 0.352 e. The first-order valence-corrected chi connectivity index (χ1v) is 6.40. The van der Waals surface area contributed by atoms with Gasteiger partial charge in [0.15, 0.2) is 0 Å². The van der Waals surface area contributed by atoms with E-state index in [-0.39, 0.29) is 11.7 Å². The molecule has 1 amide bonds. The molecule has 4 heteroatoms. The lowest BCUT2D eigenvalue weighted by Gasteiger charge is -2.10. The number of benzene rings is 1. The summed E-state index contributed by atoms with van der Waals surface area (Å²) < 4.78 is 13.1. The van der Waals surface area contributed by atoms with Crippen LogP contribution >= 0.6 is 0 Å². The molecule has 1 aliphatic heterocycles. The normalized spacial score (nSPS) is 18.9. The van der Waals surface area contributed by atoms with E-state index in [0.717, 1.165) is 24.9 Å². The monoisotopic (exact) mass is 250 g/mol. The molecule has 18 heavy (non-hydrogen) atoms. The third-order valence-corrected chi connectivity index (χ3v) is 3.31. The highest BCUT2D eigenvalue weighted by Crippen LogP contribution is 2.10. The fourth-order valence-corrected chi connectivity index (χ4v) is 2.24. The number of carbonyl (C=O) groups is 1. The lowest BCUT2D eigenvalue weighted by atomic mass is 10.1. The molecule has 3 nitrogen and oxygen atoms in total. The number of halogens is 1. The van der Waals surface area contributed by atoms with Crippen LogP contribution in [0.25, 0.3) is 0 Å². The maximum Gasteiger partial charge on any atom is 0.221 e. The van der Waals surface area contributed by atoms with Gasteiger partial charge in [0.25, 0.3) is 0 Å². The number of rotatable bonds is 4. The van der Waals surface area contributed by atoms with Gasteiger partial charge in [0, 0.05) is 19.0 Å². The predicted molar refractivity (Wildman–Crippen MR) is 68.6 cm³/mol. The zero-order valence-electron chi connectivity index (χ0n) is 10.6. The molecule has 2 rings (SSSR count). The Morgan fingerprint density at radius 1 is 1.56 bits per heavy atom. The van der Waals surface area contributed by atoms with Crippen molar-refractivity contribution in [2.45, 2.75) is 38.8 Å². The fourth-order valence-electron chi connectivity index (χ4n) is 2.24. The van der Waals surface area contributed by atoms with Crippen LogP contribution in [0.1, 0.15) is 30.4 Å². The summed E-state index contributed by atoms with van der Waals surface area (Å²) in [6, 6.07) is 5.23. The number of hydrogen-bond acceptors (Lipinski definition) is 2. The summed E-state index contributed by atoms with van der Waals surface area (Å²) >= 11 is 0. The summed E-state index contributed by atoms with van der Waals surface area (Å²) in [6.45, 7) is 3.20. The molecule has 2 N–H and O–H groups in total. The molecule has 1 aromatic rings. The quantitative estimate of drug-likeness (QED) is 0.857. The van der Waals surface area contributed by atoms with Gasteiger partial charge in [-0.1, -0.05) is 12.1 Å². The van der Waals surface area contributed by atoms with Crippen molar-refractivity contribution in [3.8, 4) is 0 Å². The van der Waals surface area contributed by atoms with Gasteiger partial charge >= 0.3 is 0 Å². The predicted octanol–water partition coefficient (Wildman–Crippen LogP) is 1.89. The Hall–Kier alpha value is -1.42. The van der Waals surface area contributed by atoms with Crippen molar-refractivity contribution in [3.63, 3.8) is 0 Å². The molecular weight excluding hydrogens is 231 g/mol. The van der Waals surface area contributed by atoms with E-state index in [0.29, 0.717) is 24.6 Å². The minimum absolute atomic E-state index is 0.0522. The van der Waals surface area contributed by atoms with Crippen molar-refractivity contribution in [1.29, 1.82) is 0 Å². The van der Waals surface area contributed by atoms with Crippen LogP contribution in [-0.2, 0) is 11.3 Å². The summed E-state index contributed by atoms with van der Waals surface area (Å²) in [5.41, 5.74) is 1.54. The lowest BCUT2D eigenvalue weighted by molar-refractivity contribution is -0.121. The van der Waals surface area contributed by atoms with Crippen molar-refractivity contribution in [3.05, 3.63) is 35.1 Å². The maximum atomic E-state index is 13.1. The van der Waals surface area contributed by atoms with E-state index in [1.165, 1.54) is 6.07 Å². The summed E-state index contributed by atoms with van der Waals surface area (Å²) in [6.07, 6.45) is 2.75. The highest BCUT2D eigenvalue weighted by molar-refractivity contribution is 5.76. The minimum atomic E-state index is -0.208. The Labute approximate surface area is 107 Å². The van der Waals surface area contributed by atoms with Crippen molar-refractivity contribution >= 4 is 5.91 Å². The highest BCUT2D eigenvalue weighted by Gasteiger charge is 2.17. The van der Waals surface area contributed by atoms with Gasteiger partial charge in [-0.2, -0.15) is 0 Å². The van der Waals surface area contributed by atoms with Crippen LogP contribution in [0.2, 0.25) is 0 Å². The van der Waals surface area contributed by atoms with Crippen molar-refractivity contribution in [2.24, 2.45) is 0 Å². The first-order valence-electron chi connectivity index (χ1n) is 6.40. The highest BCUT2D eigenvalue weighted by atomic mass is 19.1. The van der Waals surface area contributed by atoms with E-state index in [2.05, 4.69) is 10.6 Å². The standard InChI is InChI=1S/C14H19FN2O/c1-10-7-11(4-5-13(10)15)9-17-14(18)8-12-3-2-6-16-12/h4-5,7,12,16H,2-3,6,8-9H2,1H3,(H,17,18). The van der Waals surface area contributed by atoms with Crippen LogP contribution in [0.4, 0.5) is 4.39 Å². The Morgan fingerprint density at radius 2 is 2.39 bits per heavy atom. The van der Waals surface area contributed by atoms with Crippen LogP contribution in [0, 0.1) is 12.7 Å². The van der Waals surface area contributed by atoms with Crippen molar-refractivity contribution < 1.29 is 9.18 Å². The number of hydrogen-bond donors (Lipinski definition) is 2. The van der Waals surface area contributed by atoms with Gasteiger partial charge in [0.2, 0.25) is 5.91 Å². The van der Waals surface area contributed by atoms with Gasteiger partial charge in [-0.05, 0) is 43.5 Å². The van der Waals surface area contributed by atoms with Gasteiger partial charge in [-0.3, -0.25) is 4.79 Å². The zero-order chi connectivity index (χ0) is 13.0. The van der Waals surface area contributed by atoms with Gasteiger partial charge in [-0.25, -0.2) is 4.39 Å². The van der Waals surface area contributed by atoms with E-state index in [1.807, 2.05) is 0 Å². The third kappa shape index (κ3) is 3.53. The molecule has 1 fully saturated rings. The molecule has 0 spiro atoms. The second-order valence-electron chi connectivity index (χ2n) is 4.86. The van der Waals surface area contributed by atoms with Gasteiger partial charge in [0.1, 0.15) is 5.82 Å². The van der Waals surface area contributed by atoms with E-state index in [9.17, 15) is 9.18 Å². The lowest BCUT2D eigenvalue weighted by Crippen LogP contribution is -2.31. The molecule has 1 unspecified atom stereocenters. The van der Waals surface area contributed by atoms with Gasteiger partial charge in [-0.15, -0.1) is 0 Å². The molecule has 1 saturated heterocycles. The fraction of sp³-hybridized carbons (Fsp3) is 0.500. The molecule has 1 atom stereocenters. The molecule has 0 saturated carbocycles. The average Bonchev–Trinajstić information content (AvgIpc) is 2.83. The van der Waals surface area contributed by atoms with E-state index >= 15 is 0 Å². The molecular formula is C14H19FN2O. The van der Waals surface area contributed by atoms with Gasteiger partial charge in [0.05, 0.1) is 0 Å². The zero-order valence-corrected chi connectivity index (χ0v) is 10.6. The summed E-state index contributed by atoms with van der Waals surface area (Å²) in [5.74, 6) is -0.156. The Bertz CT molecular complexity index is 428. The number of carbonyl (C=O) groups excluding carboxylic acids is 1. The van der Waals surface area contributed by atoms with E-state index < -0.39 is 0 Å². The first-order chi connectivity index (χ1) is 8.65. The molecule has 98 valence electrons. The van der Waals surface area contributed by atoms with Crippen LogP contribution in [0.3, 0.4) is 0 Å². The molecule has 0 aliphatic carbocycles. The van der Waals surface area contributed by atoms with Crippen LogP contribution in [0.5, 0.6) is 0 Å². The second-order valence-corrected chi connectivity index (χ2v) is 4.86. The smallest absolute Gasteiger partial charge is 0.221 e. The number of aryl methyl sites for hydroxylation is 1. The molecule has 0 radical (unpaired) electrons. The number of amides is 1. The summed E-state index contributed by atoms with van der Waals surface area (Å²) in [5, 5.41) is 6.16. The molecule has 1 aromatic carbocycles.